The van der Waals surface area contributed by atoms with Gasteiger partial charge in [-0.2, -0.15) is 0 Å². The van der Waals surface area contributed by atoms with E-state index in [9.17, 15) is 14.4 Å². The molecule has 2 aliphatic rings. The fourth-order valence-corrected chi connectivity index (χ4v) is 3.93. The van der Waals surface area contributed by atoms with Crippen LogP contribution in [0, 0.1) is 0 Å². The third kappa shape index (κ3) is 3.26. The number of para-hydroxylation sites is 1. The van der Waals surface area contributed by atoms with Gasteiger partial charge in [0.15, 0.2) is 6.10 Å². The zero-order chi connectivity index (χ0) is 17.3. The fraction of sp³-hybridized carbons (Fsp3) is 0.471. The van der Waals surface area contributed by atoms with E-state index in [1.165, 1.54) is 16.7 Å². The highest BCUT2D eigenvalue weighted by atomic mass is 32.2. The number of hydrogen-bond donors (Lipinski definition) is 0. The first-order valence-corrected chi connectivity index (χ1v) is 8.98. The molecule has 1 fully saturated rings. The molecular formula is C17H20N2O4S. The van der Waals surface area contributed by atoms with Crippen molar-refractivity contribution in [2.45, 2.75) is 32.4 Å². The van der Waals surface area contributed by atoms with Crippen molar-refractivity contribution in [3.63, 3.8) is 0 Å². The Kier molecular flexibility index (Phi) is 4.80. The van der Waals surface area contributed by atoms with Gasteiger partial charge < -0.3 is 14.5 Å². The van der Waals surface area contributed by atoms with Gasteiger partial charge in [0.2, 0.25) is 0 Å². The molecule has 1 saturated heterocycles. The van der Waals surface area contributed by atoms with E-state index < -0.39 is 12.1 Å². The standard InChI is InChI=1S/C17H20N2O4S/c1-11-9-13-5-3-4-6-14(13)19(11)16(21)12(2)23-15(20)10-18-7-8-24-17(18)22/h3-6,11-12H,7-10H2,1-2H3/t11-,12+/m1/s1. The van der Waals surface area contributed by atoms with E-state index in [1.807, 2.05) is 31.2 Å². The van der Waals surface area contributed by atoms with Crippen LogP contribution in [-0.2, 0) is 20.7 Å². The van der Waals surface area contributed by atoms with E-state index >= 15 is 0 Å². The molecule has 0 saturated carbocycles. The summed E-state index contributed by atoms with van der Waals surface area (Å²) in [6.07, 6.45) is -0.0845. The van der Waals surface area contributed by atoms with Gasteiger partial charge in [-0.1, -0.05) is 30.0 Å². The largest absolute Gasteiger partial charge is 0.451 e. The van der Waals surface area contributed by atoms with Crippen LogP contribution in [-0.4, -0.2) is 53.0 Å². The van der Waals surface area contributed by atoms with Crippen molar-refractivity contribution < 1.29 is 19.1 Å². The van der Waals surface area contributed by atoms with Crippen LogP contribution in [0.3, 0.4) is 0 Å². The monoisotopic (exact) mass is 348 g/mol. The SMILES string of the molecule is C[C@H](OC(=O)CN1CCSC1=O)C(=O)N1c2ccccc2C[C@H]1C. The molecule has 0 bridgehead atoms. The van der Waals surface area contributed by atoms with Gasteiger partial charge in [0.25, 0.3) is 11.1 Å². The molecule has 7 heteroatoms. The Hall–Kier alpha value is -2.02. The second-order valence-electron chi connectivity index (χ2n) is 6.06. The number of nitrogens with zero attached hydrogens (tertiary/aromatic N) is 2. The number of anilines is 1. The molecular weight excluding hydrogens is 328 g/mol. The van der Waals surface area contributed by atoms with Crippen molar-refractivity contribution >= 4 is 34.6 Å². The first kappa shape index (κ1) is 16.8. The lowest BCUT2D eigenvalue weighted by Gasteiger charge is -2.26. The molecule has 2 heterocycles. The normalized spacial score (nSPS) is 20.9. The van der Waals surface area contributed by atoms with Crippen LogP contribution in [0.25, 0.3) is 0 Å². The highest BCUT2D eigenvalue weighted by Crippen LogP contribution is 2.32. The molecule has 1 aromatic carbocycles. The maximum atomic E-state index is 12.7. The minimum Gasteiger partial charge on any atom is -0.451 e. The predicted molar refractivity (Wildman–Crippen MR) is 92.1 cm³/mol. The molecule has 3 rings (SSSR count). The number of amides is 2. The van der Waals surface area contributed by atoms with Crippen LogP contribution < -0.4 is 4.90 Å². The van der Waals surface area contributed by atoms with Gasteiger partial charge >= 0.3 is 5.97 Å². The smallest absolute Gasteiger partial charge is 0.326 e. The quantitative estimate of drug-likeness (QED) is 0.779. The van der Waals surface area contributed by atoms with Gasteiger partial charge in [-0.3, -0.25) is 14.4 Å². The summed E-state index contributed by atoms with van der Waals surface area (Å²) in [5.74, 6) is -0.0994. The van der Waals surface area contributed by atoms with Crippen LogP contribution in [0.1, 0.15) is 19.4 Å². The lowest BCUT2D eigenvalue weighted by molar-refractivity contribution is -0.154. The molecule has 24 heavy (non-hydrogen) atoms. The number of hydrogen-bond acceptors (Lipinski definition) is 5. The number of fused-ring (bicyclic) bond motifs is 1. The molecule has 2 aliphatic heterocycles. The van der Waals surface area contributed by atoms with Gasteiger partial charge in [-0.05, 0) is 31.9 Å². The third-order valence-corrected chi connectivity index (χ3v) is 5.16. The average Bonchev–Trinajstić information content (AvgIpc) is 3.09. The first-order chi connectivity index (χ1) is 11.5. The Labute approximate surface area is 145 Å². The van der Waals surface area contributed by atoms with Crippen LogP contribution in [0.2, 0.25) is 0 Å². The summed E-state index contributed by atoms with van der Waals surface area (Å²) in [5.41, 5.74) is 2.00. The summed E-state index contributed by atoms with van der Waals surface area (Å²) in [6, 6.07) is 7.80. The maximum Gasteiger partial charge on any atom is 0.326 e. The second kappa shape index (κ2) is 6.84. The zero-order valence-corrected chi connectivity index (χ0v) is 14.5. The van der Waals surface area contributed by atoms with Crippen molar-refractivity contribution in [1.82, 2.24) is 4.90 Å². The zero-order valence-electron chi connectivity index (χ0n) is 13.7. The summed E-state index contributed by atoms with van der Waals surface area (Å²) in [6.45, 7) is 3.99. The molecule has 0 unspecified atom stereocenters. The van der Waals surface area contributed by atoms with Crippen molar-refractivity contribution in [2.24, 2.45) is 0 Å². The molecule has 0 spiro atoms. The lowest BCUT2D eigenvalue weighted by atomic mass is 10.1. The Morgan fingerprint density at radius 1 is 1.38 bits per heavy atom. The number of carbonyl (C=O) groups excluding carboxylic acids is 3. The second-order valence-corrected chi connectivity index (χ2v) is 7.10. The molecule has 128 valence electrons. The molecule has 2 amide bonds. The molecule has 6 nitrogen and oxygen atoms in total. The minimum atomic E-state index is -0.878. The highest BCUT2D eigenvalue weighted by Gasteiger charge is 2.35. The molecule has 2 atom stereocenters. The minimum absolute atomic E-state index is 0.0348. The van der Waals surface area contributed by atoms with Gasteiger partial charge in [0.1, 0.15) is 6.54 Å². The summed E-state index contributed by atoms with van der Waals surface area (Å²) in [7, 11) is 0. The van der Waals surface area contributed by atoms with E-state index in [4.69, 9.17) is 4.74 Å². The number of thioether (sulfide) groups is 1. The van der Waals surface area contributed by atoms with Crippen molar-refractivity contribution in [3.8, 4) is 0 Å². The van der Waals surface area contributed by atoms with Crippen LogP contribution in [0.5, 0.6) is 0 Å². The van der Waals surface area contributed by atoms with Crippen LogP contribution in [0.4, 0.5) is 10.5 Å². The maximum absolute atomic E-state index is 12.7. The van der Waals surface area contributed by atoms with Crippen LogP contribution in [0.15, 0.2) is 24.3 Å². The summed E-state index contributed by atoms with van der Waals surface area (Å²) >= 11 is 1.19. The Morgan fingerprint density at radius 2 is 2.12 bits per heavy atom. The van der Waals surface area contributed by atoms with Crippen molar-refractivity contribution in [2.75, 3.05) is 23.7 Å². The summed E-state index contributed by atoms with van der Waals surface area (Å²) in [5, 5.41) is -0.118. The van der Waals surface area contributed by atoms with E-state index in [0.29, 0.717) is 12.3 Å². The average molecular weight is 348 g/mol. The molecule has 1 aromatic rings. The molecule has 0 radical (unpaired) electrons. The third-order valence-electron chi connectivity index (χ3n) is 4.27. The topological polar surface area (TPSA) is 66.9 Å². The Balaban J connectivity index is 1.62. The van der Waals surface area contributed by atoms with Crippen molar-refractivity contribution in [3.05, 3.63) is 29.8 Å². The molecule has 0 N–H and O–H groups in total. The first-order valence-electron chi connectivity index (χ1n) is 7.99. The van der Waals surface area contributed by atoms with E-state index in [2.05, 4.69) is 0 Å². The number of ether oxygens (including phenoxy) is 1. The highest BCUT2D eigenvalue weighted by molar-refractivity contribution is 8.13. The number of carbonyl (C=O) groups is 3. The van der Waals surface area contributed by atoms with Gasteiger partial charge in [0.05, 0.1) is 0 Å². The Morgan fingerprint density at radius 3 is 2.83 bits per heavy atom. The predicted octanol–water partition coefficient (Wildman–Crippen LogP) is 2.06. The van der Waals surface area contributed by atoms with Gasteiger partial charge in [-0.25, -0.2) is 0 Å². The van der Waals surface area contributed by atoms with Crippen LogP contribution >= 0.6 is 11.8 Å². The summed E-state index contributed by atoms with van der Waals surface area (Å²) in [4.78, 5) is 39.4. The summed E-state index contributed by atoms with van der Waals surface area (Å²) < 4.78 is 5.26. The van der Waals surface area contributed by atoms with Crippen molar-refractivity contribution in [1.29, 1.82) is 0 Å². The fourth-order valence-electron chi connectivity index (χ4n) is 3.11. The Bertz CT molecular complexity index is 678. The number of esters is 1. The van der Waals surface area contributed by atoms with Gasteiger partial charge in [-0.15, -0.1) is 0 Å². The van der Waals surface area contributed by atoms with E-state index in [0.717, 1.165) is 17.7 Å². The van der Waals surface area contributed by atoms with Gasteiger partial charge in [0, 0.05) is 24.0 Å². The molecule has 0 aromatic heterocycles. The van der Waals surface area contributed by atoms with E-state index in [1.54, 1.807) is 11.8 Å². The number of rotatable bonds is 4. The lowest BCUT2D eigenvalue weighted by Crippen LogP contribution is -2.44. The molecule has 0 aliphatic carbocycles. The van der Waals surface area contributed by atoms with E-state index in [-0.39, 0.29) is 23.7 Å². The number of benzene rings is 1.